The minimum atomic E-state index is -0.286. The molecule has 2 aromatic carbocycles. The van der Waals surface area contributed by atoms with E-state index in [1.807, 2.05) is 51.1 Å². The third-order valence-electron chi connectivity index (χ3n) is 5.21. The molecule has 0 spiro atoms. The highest BCUT2D eigenvalue weighted by Gasteiger charge is 2.20. The van der Waals surface area contributed by atoms with Crippen LogP contribution in [0.2, 0.25) is 10.0 Å². The average molecular weight is 501 g/mol. The highest BCUT2D eigenvalue weighted by atomic mass is 35.5. The van der Waals surface area contributed by atoms with Crippen LogP contribution in [0.15, 0.2) is 54.6 Å². The summed E-state index contributed by atoms with van der Waals surface area (Å²) in [5.74, 6) is 0.442. The van der Waals surface area contributed by atoms with E-state index in [2.05, 4.69) is 5.32 Å². The SMILES string of the molecule is CCCCC(=O)N(CC(=O)Nc1cc(-c2ccccc2)nn1-c1ccc(Cl)c(Cl)c1)CC(C)C. The van der Waals surface area contributed by atoms with Gasteiger partial charge in [-0.3, -0.25) is 9.59 Å². The van der Waals surface area contributed by atoms with Crippen molar-refractivity contribution in [1.82, 2.24) is 14.7 Å². The Bertz CT molecular complexity index is 1130. The smallest absolute Gasteiger partial charge is 0.245 e. The summed E-state index contributed by atoms with van der Waals surface area (Å²) >= 11 is 12.3. The molecule has 8 heteroatoms. The van der Waals surface area contributed by atoms with Crippen LogP contribution < -0.4 is 5.32 Å². The van der Waals surface area contributed by atoms with Gasteiger partial charge < -0.3 is 10.2 Å². The Kier molecular flexibility index (Phi) is 9.13. The van der Waals surface area contributed by atoms with Gasteiger partial charge in [0.25, 0.3) is 0 Å². The van der Waals surface area contributed by atoms with Gasteiger partial charge in [-0.2, -0.15) is 5.10 Å². The third-order valence-corrected chi connectivity index (χ3v) is 5.95. The summed E-state index contributed by atoms with van der Waals surface area (Å²) in [7, 11) is 0. The Hall–Kier alpha value is -2.83. The van der Waals surface area contributed by atoms with E-state index >= 15 is 0 Å². The number of benzene rings is 2. The van der Waals surface area contributed by atoms with Crippen LogP contribution in [0.25, 0.3) is 16.9 Å². The first kappa shape index (κ1) is 25.8. The van der Waals surface area contributed by atoms with Crippen LogP contribution in [-0.4, -0.2) is 39.6 Å². The topological polar surface area (TPSA) is 67.2 Å². The van der Waals surface area contributed by atoms with Gasteiger partial charge in [-0.1, -0.05) is 80.7 Å². The summed E-state index contributed by atoms with van der Waals surface area (Å²) in [4.78, 5) is 27.3. The van der Waals surface area contributed by atoms with Gasteiger partial charge in [0.15, 0.2) is 0 Å². The summed E-state index contributed by atoms with van der Waals surface area (Å²) in [6, 6.07) is 16.7. The number of unbranched alkanes of at least 4 members (excludes halogenated alkanes) is 1. The molecule has 2 amide bonds. The number of hydrogen-bond donors (Lipinski definition) is 1. The van der Waals surface area contributed by atoms with Crippen molar-refractivity contribution in [3.63, 3.8) is 0 Å². The summed E-state index contributed by atoms with van der Waals surface area (Å²) in [5, 5.41) is 8.46. The zero-order valence-electron chi connectivity index (χ0n) is 19.7. The molecule has 0 radical (unpaired) electrons. The van der Waals surface area contributed by atoms with Crippen LogP contribution in [0.1, 0.15) is 40.0 Å². The molecule has 0 saturated heterocycles. The number of nitrogens with zero attached hydrogens (tertiary/aromatic N) is 3. The summed E-state index contributed by atoms with van der Waals surface area (Å²) < 4.78 is 1.62. The number of carbonyl (C=O) groups is 2. The summed E-state index contributed by atoms with van der Waals surface area (Å²) in [5.41, 5.74) is 2.26. The Labute approximate surface area is 210 Å². The van der Waals surface area contributed by atoms with Crippen molar-refractivity contribution in [1.29, 1.82) is 0 Å². The molecule has 3 rings (SSSR count). The fraction of sp³-hybridized carbons (Fsp3) is 0.346. The number of anilines is 1. The van der Waals surface area contributed by atoms with Gasteiger partial charge in [0.2, 0.25) is 11.8 Å². The maximum absolute atomic E-state index is 13.0. The van der Waals surface area contributed by atoms with Crippen LogP contribution in [-0.2, 0) is 9.59 Å². The van der Waals surface area contributed by atoms with Gasteiger partial charge in [0.05, 0.1) is 28.0 Å². The molecule has 0 atom stereocenters. The molecule has 34 heavy (non-hydrogen) atoms. The highest BCUT2D eigenvalue weighted by molar-refractivity contribution is 6.42. The molecular formula is C26H30Cl2N4O2. The van der Waals surface area contributed by atoms with E-state index in [1.54, 1.807) is 33.8 Å². The fourth-order valence-corrected chi connectivity index (χ4v) is 3.86. The molecule has 0 saturated carbocycles. The minimum Gasteiger partial charge on any atom is -0.333 e. The highest BCUT2D eigenvalue weighted by Crippen LogP contribution is 2.29. The number of hydrogen-bond acceptors (Lipinski definition) is 3. The first-order valence-corrected chi connectivity index (χ1v) is 12.2. The maximum Gasteiger partial charge on any atom is 0.245 e. The van der Waals surface area contributed by atoms with Gasteiger partial charge in [0, 0.05) is 24.6 Å². The Morgan fingerprint density at radius 1 is 1.06 bits per heavy atom. The van der Waals surface area contributed by atoms with Crippen molar-refractivity contribution >= 4 is 40.8 Å². The number of aromatic nitrogens is 2. The number of nitrogens with one attached hydrogen (secondary N) is 1. The molecule has 3 aromatic rings. The lowest BCUT2D eigenvalue weighted by Crippen LogP contribution is -2.40. The lowest BCUT2D eigenvalue weighted by molar-refractivity contribution is -0.135. The molecule has 0 fully saturated rings. The Morgan fingerprint density at radius 2 is 1.79 bits per heavy atom. The summed E-state index contributed by atoms with van der Waals surface area (Å²) in [6.45, 7) is 6.61. The van der Waals surface area contributed by atoms with E-state index in [-0.39, 0.29) is 24.3 Å². The average Bonchev–Trinajstić information content (AvgIpc) is 3.22. The summed E-state index contributed by atoms with van der Waals surface area (Å²) in [6.07, 6.45) is 2.17. The maximum atomic E-state index is 13.0. The van der Waals surface area contributed by atoms with Gasteiger partial charge in [-0.15, -0.1) is 0 Å². The first-order valence-electron chi connectivity index (χ1n) is 11.5. The van der Waals surface area contributed by atoms with Crippen molar-refractivity contribution in [2.45, 2.75) is 40.0 Å². The molecule has 0 bridgehead atoms. The standard InChI is InChI=1S/C26H30Cl2N4O2/c1-4-5-11-26(34)31(16-18(2)3)17-25(33)29-24-15-23(19-9-7-6-8-10-19)30-32(24)20-12-13-21(27)22(28)14-20/h6-10,12-15,18H,4-5,11,16-17H2,1-3H3,(H,29,33). The Morgan fingerprint density at radius 3 is 2.44 bits per heavy atom. The normalized spacial score (nSPS) is 11.0. The number of rotatable bonds is 10. The van der Waals surface area contributed by atoms with E-state index in [0.717, 1.165) is 18.4 Å². The van der Waals surface area contributed by atoms with Gasteiger partial charge in [-0.05, 0) is 30.5 Å². The van der Waals surface area contributed by atoms with E-state index < -0.39 is 0 Å². The zero-order valence-corrected chi connectivity index (χ0v) is 21.2. The second-order valence-electron chi connectivity index (χ2n) is 8.61. The molecule has 1 aromatic heterocycles. The molecular weight excluding hydrogens is 471 g/mol. The Balaban J connectivity index is 1.89. The van der Waals surface area contributed by atoms with Crippen LogP contribution >= 0.6 is 23.2 Å². The predicted octanol–water partition coefficient (Wildman–Crippen LogP) is 6.46. The van der Waals surface area contributed by atoms with Crippen molar-refractivity contribution in [2.24, 2.45) is 5.92 Å². The molecule has 180 valence electrons. The van der Waals surface area contributed by atoms with Gasteiger partial charge in [-0.25, -0.2) is 4.68 Å². The van der Waals surface area contributed by atoms with E-state index in [1.165, 1.54) is 0 Å². The minimum absolute atomic E-state index is 0.00587. The van der Waals surface area contributed by atoms with Crippen LogP contribution in [0.3, 0.4) is 0 Å². The molecule has 1 N–H and O–H groups in total. The molecule has 6 nitrogen and oxygen atoms in total. The van der Waals surface area contributed by atoms with Crippen molar-refractivity contribution in [3.05, 3.63) is 64.6 Å². The van der Waals surface area contributed by atoms with Crippen LogP contribution in [0.5, 0.6) is 0 Å². The lowest BCUT2D eigenvalue weighted by atomic mass is 10.1. The number of halogens is 2. The number of carbonyl (C=O) groups excluding carboxylic acids is 2. The molecule has 0 unspecified atom stereocenters. The van der Waals surface area contributed by atoms with Gasteiger partial charge in [0.1, 0.15) is 5.82 Å². The molecule has 1 heterocycles. The molecule has 0 aliphatic heterocycles. The second kappa shape index (κ2) is 12.0. The fourth-order valence-electron chi connectivity index (χ4n) is 3.57. The quantitative estimate of drug-likeness (QED) is 0.347. The van der Waals surface area contributed by atoms with Gasteiger partial charge >= 0.3 is 0 Å². The second-order valence-corrected chi connectivity index (χ2v) is 9.43. The predicted molar refractivity (Wildman–Crippen MR) is 139 cm³/mol. The lowest BCUT2D eigenvalue weighted by Gasteiger charge is -2.24. The van der Waals surface area contributed by atoms with Crippen molar-refractivity contribution in [2.75, 3.05) is 18.4 Å². The molecule has 0 aliphatic carbocycles. The van der Waals surface area contributed by atoms with Crippen molar-refractivity contribution < 1.29 is 9.59 Å². The zero-order chi connectivity index (χ0) is 24.7. The van der Waals surface area contributed by atoms with Crippen LogP contribution in [0.4, 0.5) is 5.82 Å². The molecule has 0 aliphatic rings. The van der Waals surface area contributed by atoms with Crippen LogP contribution in [0, 0.1) is 5.92 Å². The van der Waals surface area contributed by atoms with E-state index in [4.69, 9.17) is 28.3 Å². The van der Waals surface area contributed by atoms with E-state index in [9.17, 15) is 9.59 Å². The largest absolute Gasteiger partial charge is 0.333 e. The van der Waals surface area contributed by atoms with Crippen molar-refractivity contribution in [3.8, 4) is 16.9 Å². The number of amides is 2. The van der Waals surface area contributed by atoms with E-state index in [0.29, 0.717) is 40.2 Å². The monoisotopic (exact) mass is 500 g/mol. The first-order chi connectivity index (χ1) is 16.3. The third kappa shape index (κ3) is 6.84.